The maximum atomic E-state index is 12.9. The molecule has 0 aliphatic heterocycles. The van der Waals surface area contributed by atoms with E-state index in [1.807, 2.05) is 18.2 Å². The molecule has 0 bridgehead atoms. The van der Waals surface area contributed by atoms with Crippen molar-refractivity contribution in [2.75, 3.05) is 6.54 Å². The summed E-state index contributed by atoms with van der Waals surface area (Å²) in [5.74, 6) is 1.53. The number of tetrazole rings is 1. The van der Waals surface area contributed by atoms with Crippen molar-refractivity contribution in [1.82, 2.24) is 25.5 Å². The standard InChI is InChI=1S/C26H33N5O/c1-2-3-13-25(32)31(18-20-9-5-4-6-10-20)19-21-14-16-22(17-15-21)23-11-7-8-12-24(23)26-27-29-30-28-26/h7-8,11-12,14-17,20H,2-6,9-10,13,18-19H2,1H3,(H,27,28,29,30). The zero-order valence-electron chi connectivity index (χ0n) is 19.0. The molecule has 2 aromatic carbocycles. The van der Waals surface area contributed by atoms with Crippen LogP contribution in [-0.2, 0) is 11.3 Å². The number of hydrogen-bond acceptors (Lipinski definition) is 4. The summed E-state index contributed by atoms with van der Waals surface area (Å²) in [6.07, 6.45) is 9.12. The minimum atomic E-state index is 0.295. The summed E-state index contributed by atoms with van der Waals surface area (Å²) >= 11 is 0. The summed E-state index contributed by atoms with van der Waals surface area (Å²) in [6.45, 7) is 3.72. The van der Waals surface area contributed by atoms with E-state index in [-0.39, 0.29) is 0 Å². The number of amides is 1. The Balaban J connectivity index is 1.50. The molecule has 1 aromatic heterocycles. The van der Waals surface area contributed by atoms with Gasteiger partial charge in [0.2, 0.25) is 11.7 Å². The first-order chi connectivity index (χ1) is 15.7. The van der Waals surface area contributed by atoms with E-state index in [0.29, 0.717) is 30.6 Å². The summed E-state index contributed by atoms with van der Waals surface area (Å²) in [7, 11) is 0. The smallest absolute Gasteiger partial charge is 0.222 e. The third-order valence-electron chi connectivity index (χ3n) is 6.45. The Morgan fingerprint density at radius 3 is 2.47 bits per heavy atom. The van der Waals surface area contributed by atoms with Gasteiger partial charge in [0.1, 0.15) is 0 Å². The van der Waals surface area contributed by atoms with E-state index in [0.717, 1.165) is 36.1 Å². The molecule has 1 N–H and O–H groups in total. The molecule has 0 atom stereocenters. The van der Waals surface area contributed by atoms with E-state index in [1.165, 1.54) is 37.7 Å². The largest absolute Gasteiger partial charge is 0.338 e. The average molecular weight is 432 g/mol. The van der Waals surface area contributed by atoms with Gasteiger partial charge < -0.3 is 4.90 Å². The second-order valence-electron chi connectivity index (χ2n) is 8.86. The second kappa shape index (κ2) is 11.0. The first-order valence-corrected chi connectivity index (χ1v) is 11.9. The number of carbonyl (C=O) groups is 1. The van der Waals surface area contributed by atoms with Gasteiger partial charge >= 0.3 is 0 Å². The van der Waals surface area contributed by atoms with Gasteiger partial charge in [-0.3, -0.25) is 4.79 Å². The number of aromatic nitrogens is 4. The van der Waals surface area contributed by atoms with Gasteiger partial charge in [0.15, 0.2) is 0 Å². The van der Waals surface area contributed by atoms with Crippen LogP contribution in [0.2, 0.25) is 0 Å². The van der Waals surface area contributed by atoms with Crippen molar-refractivity contribution < 1.29 is 4.79 Å². The lowest BCUT2D eigenvalue weighted by molar-refractivity contribution is -0.132. The summed E-state index contributed by atoms with van der Waals surface area (Å²) < 4.78 is 0. The quantitative estimate of drug-likeness (QED) is 0.476. The Hall–Kier alpha value is -3.02. The maximum Gasteiger partial charge on any atom is 0.222 e. The van der Waals surface area contributed by atoms with Crippen molar-refractivity contribution in [3.05, 3.63) is 54.1 Å². The predicted molar refractivity (Wildman–Crippen MR) is 127 cm³/mol. The highest BCUT2D eigenvalue weighted by Crippen LogP contribution is 2.30. The van der Waals surface area contributed by atoms with Crippen LogP contribution in [0, 0.1) is 5.92 Å². The van der Waals surface area contributed by atoms with Crippen LogP contribution in [0.1, 0.15) is 63.9 Å². The molecule has 168 valence electrons. The van der Waals surface area contributed by atoms with Gasteiger partial charge in [-0.2, -0.15) is 5.21 Å². The summed E-state index contributed by atoms with van der Waals surface area (Å²) in [5.41, 5.74) is 4.29. The molecule has 1 fully saturated rings. The Labute approximate surface area is 190 Å². The van der Waals surface area contributed by atoms with Crippen LogP contribution in [0.5, 0.6) is 0 Å². The molecule has 3 aromatic rings. The average Bonchev–Trinajstić information content (AvgIpc) is 3.38. The molecular weight excluding hydrogens is 398 g/mol. The molecule has 0 radical (unpaired) electrons. The number of aromatic amines is 1. The van der Waals surface area contributed by atoms with Gasteiger partial charge in [0.05, 0.1) is 0 Å². The number of nitrogens with zero attached hydrogens (tertiary/aromatic N) is 4. The van der Waals surface area contributed by atoms with Gasteiger partial charge in [0.25, 0.3) is 0 Å². The van der Waals surface area contributed by atoms with Crippen LogP contribution in [0.3, 0.4) is 0 Å². The Kier molecular flexibility index (Phi) is 7.64. The molecule has 1 aliphatic carbocycles. The van der Waals surface area contributed by atoms with Crippen molar-refractivity contribution in [2.45, 2.75) is 64.8 Å². The first-order valence-electron chi connectivity index (χ1n) is 11.9. The Morgan fingerprint density at radius 1 is 1.03 bits per heavy atom. The van der Waals surface area contributed by atoms with E-state index >= 15 is 0 Å². The zero-order chi connectivity index (χ0) is 22.2. The summed E-state index contributed by atoms with van der Waals surface area (Å²) in [6, 6.07) is 16.6. The van der Waals surface area contributed by atoms with E-state index in [1.54, 1.807) is 0 Å². The molecule has 0 unspecified atom stereocenters. The molecule has 6 heteroatoms. The molecule has 1 aliphatic rings. The molecule has 1 heterocycles. The lowest BCUT2D eigenvalue weighted by Crippen LogP contribution is -2.35. The summed E-state index contributed by atoms with van der Waals surface area (Å²) in [4.78, 5) is 15.1. The van der Waals surface area contributed by atoms with Gasteiger partial charge in [0, 0.05) is 25.1 Å². The van der Waals surface area contributed by atoms with Crippen LogP contribution >= 0.6 is 0 Å². The van der Waals surface area contributed by atoms with E-state index in [9.17, 15) is 4.79 Å². The number of nitrogens with one attached hydrogen (secondary N) is 1. The van der Waals surface area contributed by atoms with Crippen LogP contribution in [0.15, 0.2) is 48.5 Å². The van der Waals surface area contributed by atoms with E-state index < -0.39 is 0 Å². The van der Waals surface area contributed by atoms with Crippen molar-refractivity contribution >= 4 is 5.91 Å². The first kappa shape index (κ1) is 22.2. The number of rotatable bonds is 9. The highest BCUT2D eigenvalue weighted by atomic mass is 16.2. The number of benzene rings is 2. The number of hydrogen-bond donors (Lipinski definition) is 1. The Morgan fingerprint density at radius 2 is 1.78 bits per heavy atom. The monoisotopic (exact) mass is 431 g/mol. The van der Waals surface area contributed by atoms with Crippen molar-refractivity contribution in [3.8, 4) is 22.5 Å². The highest BCUT2D eigenvalue weighted by molar-refractivity contribution is 5.80. The molecule has 0 spiro atoms. The third-order valence-corrected chi connectivity index (χ3v) is 6.45. The second-order valence-corrected chi connectivity index (χ2v) is 8.86. The fraction of sp³-hybridized carbons (Fsp3) is 0.462. The molecule has 4 rings (SSSR count). The van der Waals surface area contributed by atoms with Crippen LogP contribution in [0.25, 0.3) is 22.5 Å². The molecular formula is C26H33N5O. The van der Waals surface area contributed by atoms with Gasteiger partial charge in [-0.1, -0.05) is 81.1 Å². The molecule has 6 nitrogen and oxygen atoms in total. The number of unbranched alkanes of at least 4 members (excludes halogenated alkanes) is 1. The third kappa shape index (κ3) is 5.61. The SMILES string of the molecule is CCCCC(=O)N(Cc1ccc(-c2ccccc2-c2nn[nH]n2)cc1)CC1CCCCC1. The van der Waals surface area contributed by atoms with Crippen LogP contribution in [-0.4, -0.2) is 38.0 Å². The zero-order valence-corrected chi connectivity index (χ0v) is 19.0. The van der Waals surface area contributed by atoms with Crippen molar-refractivity contribution in [2.24, 2.45) is 5.92 Å². The predicted octanol–water partition coefficient (Wildman–Crippen LogP) is 5.63. The normalized spacial score (nSPS) is 14.4. The number of carbonyl (C=O) groups excluding carboxylic acids is 1. The fourth-order valence-corrected chi connectivity index (χ4v) is 4.64. The molecule has 0 saturated heterocycles. The topological polar surface area (TPSA) is 74.8 Å². The highest BCUT2D eigenvalue weighted by Gasteiger charge is 2.21. The van der Waals surface area contributed by atoms with Gasteiger partial charge in [-0.05, 0) is 47.1 Å². The van der Waals surface area contributed by atoms with Crippen LogP contribution in [0.4, 0.5) is 0 Å². The number of H-pyrrole nitrogens is 1. The van der Waals surface area contributed by atoms with Gasteiger partial charge in [-0.15, -0.1) is 10.2 Å². The van der Waals surface area contributed by atoms with Crippen LogP contribution < -0.4 is 0 Å². The lowest BCUT2D eigenvalue weighted by Gasteiger charge is -2.30. The van der Waals surface area contributed by atoms with E-state index in [4.69, 9.17) is 0 Å². The minimum Gasteiger partial charge on any atom is -0.338 e. The van der Waals surface area contributed by atoms with Gasteiger partial charge in [-0.25, -0.2) is 0 Å². The fourth-order valence-electron chi connectivity index (χ4n) is 4.64. The molecule has 1 saturated carbocycles. The van der Waals surface area contributed by atoms with E-state index in [2.05, 4.69) is 62.8 Å². The lowest BCUT2D eigenvalue weighted by atomic mass is 9.88. The Bertz CT molecular complexity index is 978. The maximum absolute atomic E-state index is 12.9. The van der Waals surface area contributed by atoms with Crippen molar-refractivity contribution in [3.63, 3.8) is 0 Å². The molecule has 1 amide bonds. The van der Waals surface area contributed by atoms with Crippen molar-refractivity contribution in [1.29, 1.82) is 0 Å². The molecule has 32 heavy (non-hydrogen) atoms. The summed E-state index contributed by atoms with van der Waals surface area (Å²) in [5, 5.41) is 14.5. The minimum absolute atomic E-state index is 0.295.